The first-order valence-electron chi connectivity index (χ1n) is 4.16. The summed E-state index contributed by atoms with van der Waals surface area (Å²) in [6.07, 6.45) is 0.550. The van der Waals surface area contributed by atoms with Gasteiger partial charge in [-0.3, -0.25) is 0 Å². The molecule has 0 heterocycles. The summed E-state index contributed by atoms with van der Waals surface area (Å²) in [6.45, 7) is 0. The van der Waals surface area contributed by atoms with Gasteiger partial charge in [-0.2, -0.15) is 13.2 Å². The molecule has 0 aliphatic rings. The lowest BCUT2D eigenvalue weighted by molar-refractivity contribution is -0.138. The van der Waals surface area contributed by atoms with Gasteiger partial charge in [0.1, 0.15) is 5.75 Å². The molecule has 1 aromatic rings. The van der Waals surface area contributed by atoms with Crippen LogP contribution in [-0.2, 0) is 12.6 Å². The first-order valence-corrected chi connectivity index (χ1v) is 4.16. The van der Waals surface area contributed by atoms with Gasteiger partial charge in [0, 0.05) is 6.42 Å². The van der Waals surface area contributed by atoms with Crippen molar-refractivity contribution in [1.82, 2.24) is 0 Å². The Bertz CT molecular complexity index is 388. The minimum Gasteiger partial charge on any atom is -0.497 e. The molecule has 0 amide bonds. The molecule has 0 aliphatic carbocycles. The summed E-state index contributed by atoms with van der Waals surface area (Å²) in [7, 11) is 1.32. The van der Waals surface area contributed by atoms with Gasteiger partial charge in [-0.25, -0.2) is 0 Å². The molecular formula is C11H9F3O. The molecule has 0 fully saturated rings. The van der Waals surface area contributed by atoms with Gasteiger partial charge in [-0.05, 0) is 17.7 Å². The van der Waals surface area contributed by atoms with Gasteiger partial charge in [0.15, 0.2) is 0 Å². The van der Waals surface area contributed by atoms with E-state index in [4.69, 9.17) is 11.2 Å². The van der Waals surface area contributed by atoms with Crippen molar-refractivity contribution >= 4 is 0 Å². The molecule has 0 unspecified atom stereocenters. The highest BCUT2D eigenvalue weighted by Crippen LogP contribution is 2.34. The number of rotatable bonds is 2. The number of hydrogen-bond acceptors (Lipinski definition) is 1. The Morgan fingerprint density at radius 2 is 2.07 bits per heavy atom. The van der Waals surface area contributed by atoms with E-state index >= 15 is 0 Å². The molecule has 15 heavy (non-hydrogen) atoms. The number of methoxy groups -OCH3 is 1. The maximum absolute atomic E-state index is 12.6. The smallest absolute Gasteiger partial charge is 0.416 e. The molecule has 0 N–H and O–H groups in total. The van der Waals surface area contributed by atoms with Crippen LogP contribution >= 0.6 is 0 Å². The van der Waals surface area contributed by atoms with Crippen LogP contribution in [0.4, 0.5) is 13.2 Å². The highest BCUT2D eigenvalue weighted by Gasteiger charge is 2.33. The van der Waals surface area contributed by atoms with Gasteiger partial charge >= 0.3 is 6.18 Å². The van der Waals surface area contributed by atoms with Crippen molar-refractivity contribution in [3.8, 4) is 18.1 Å². The molecule has 1 nitrogen and oxygen atoms in total. The number of hydrogen-bond donors (Lipinski definition) is 0. The normalized spacial score (nSPS) is 10.9. The third-order valence-corrected chi connectivity index (χ3v) is 1.91. The van der Waals surface area contributed by atoms with E-state index in [-0.39, 0.29) is 17.7 Å². The molecule has 0 spiro atoms. The molecular weight excluding hydrogens is 205 g/mol. The van der Waals surface area contributed by atoms with Crippen molar-refractivity contribution in [2.45, 2.75) is 12.6 Å². The maximum atomic E-state index is 12.6. The summed E-state index contributed by atoms with van der Waals surface area (Å²) in [5.41, 5.74) is -0.648. The minimum atomic E-state index is -4.40. The third kappa shape index (κ3) is 2.66. The van der Waals surface area contributed by atoms with E-state index < -0.39 is 11.7 Å². The molecule has 0 saturated carbocycles. The van der Waals surface area contributed by atoms with Crippen molar-refractivity contribution < 1.29 is 17.9 Å². The van der Waals surface area contributed by atoms with Gasteiger partial charge in [0.25, 0.3) is 0 Å². The van der Waals surface area contributed by atoms with Crippen molar-refractivity contribution in [2.75, 3.05) is 7.11 Å². The maximum Gasteiger partial charge on any atom is 0.416 e. The zero-order valence-corrected chi connectivity index (χ0v) is 8.06. The van der Waals surface area contributed by atoms with Gasteiger partial charge < -0.3 is 4.74 Å². The van der Waals surface area contributed by atoms with Crippen LogP contribution in [0.5, 0.6) is 5.75 Å². The fourth-order valence-corrected chi connectivity index (χ4v) is 1.21. The molecule has 0 radical (unpaired) electrons. The average Bonchev–Trinajstić information content (AvgIpc) is 2.17. The summed E-state index contributed by atoms with van der Waals surface area (Å²) in [4.78, 5) is 0. The molecule has 0 bridgehead atoms. The van der Waals surface area contributed by atoms with Crippen molar-refractivity contribution in [1.29, 1.82) is 0 Å². The predicted octanol–water partition coefficient (Wildman–Crippen LogP) is 2.89. The van der Waals surface area contributed by atoms with Crippen LogP contribution in [0.1, 0.15) is 11.1 Å². The molecule has 4 heteroatoms. The topological polar surface area (TPSA) is 9.23 Å². The second-order valence-electron chi connectivity index (χ2n) is 2.90. The Kier molecular flexibility index (Phi) is 3.25. The Labute approximate surface area is 85.9 Å². The Morgan fingerprint density at radius 3 is 2.53 bits per heavy atom. The Hall–Kier alpha value is -1.63. The van der Waals surface area contributed by atoms with Crippen LogP contribution in [0.25, 0.3) is 0 Å². The van der Waals surface area contributed by atoms with Crippen LogP contribution in [0.15, 0.2) is 18.2 Å². The second-order valence-corrected chi connectivity index (χ2v) is 2.90. The fourth-order valence-electron chi connectivity index (χ4n) is 1.21. The lowest BCUT2D eigenvalue weighted by atomic mass is 10.0. The summed E-state index contributed by atoms with van der Waals surface area (Å²) in [6, 6.07) is 3.75. The van der Waals surface area contributed by atoms with Crippen LogP contribution in [0.2, 0.25) is 0 Å². The average molecular weight is 214 g/mol. The van der Waals surface area contributed by atoms with E-state index in [1.807, 2.05) is 0 Å². The summed E-state index contributed by atoms with van der Waals surface area (Å²) in [5.74, 6) is 2.36. The van der Waals surface area contributed by atoms with E-state index in [1.54, 1.807) is 0 Å². The van der Waals surface area contributed by atoms with E-state index in [0.29, 0.717) is 0 Å². The number of halogens is 3. The predicted molar refractivity (Wildman–Crippen MR) is 50.5 cm³/mol. The van der Waals surface area contributed by atoms with E-state index in [1.165, 1.54) is 19.2 Å². The van der Waals surface area contributed by atoms with Crippen molar-refractivity contribution in [2.24, 2.45) is 0 Å². The van der Waals surface area contributed by atoms with Crippen LogP contribution in [0.3, 0.4) is 0 Å². The number of alkyl halides is 3. The SMILES string of the molecule is C#CCc1ccc(OC)cc1C(F)(F)F. The van der Waals surface area contributed by atoms with E-state index in [2.05, 4.69) is 5.92 Å². The molecule has 0 atom stereocenters. The largest absolute Gasteiger partial charge is 0.497 e. The first-order chi connectivity index (χ1) is 6.99. The number of terminal acetylenes is 1. The molecule has 1 rings (SSSR count). The number of benzene rings is 1. The van der Waals surface area contributed by atoms with Crippen LogP contribution in [-0.4, -0.2) is 7.11 Å². The quantitative estimate of drug-likeness (QED) is 0.688. The molecule has 0 aromatic heterocycles. The highest BCUT2D eigenvalue weighted by atomic mass is 19.4. The Morgan fingerprint density at radius 1 is 1.40 bits per heavy atom. The van der Waals surface area contributed by atoms with Gasteiger partial charge in [0.05, 0.1) is 12.7 Å². The van der Waals surface area contributed by atoms with Crippen LogP contribution in [0, 0.1) is 12.3 Å². The van der Waals surface area contributed by atoms with Gasteiger partial charge in [-0.1, -0.05) is 6.07 Å². The summed E-state index contributed by atoms with van der Waals surface area (Å²) in [5, 5.41) is 0. The third-order valence-electron chi connectivity index (χ3n) is 1.91. The van der Waals surface area contributed by atoms with Crippen molar-refractivity contribution in [3.05, 3.63) is 29.3 Å². The van der Waals surface area contributed by atoms with E-state index in [9.17, 15) is 13.2 Å². The highest BCUT2D eigenvalue weighted by molar-refractivity contribution is 5.39. The first kappa shape index (κ1) is 11.4. The zero-order chi connectivity index (χ0) is 11.5. The second kappa shape index (κ2) is 4.26. The van der Waals surface area contributed by atoms with Crippen LogP contribution < -0.4 is 4.74 Å². The van der Waals surface area contributed by atoms with Crippen molar-refractivity contribution in [3.63, 3.8) is 0 Å². The molecule has 1 aromatic carbocycles. The van der Waals surface area contributed by atoms with E-state index in [0.717, 1.165) is 6.07 Å². The fraction of sp³-hybridized carbons (Fsp3) is 0.273. The van der Waals surface area contributed by atoms with Gasteiger partial charge in [-0.15, -0.1) is 12.3 Å². The summed E-state index contributed by atoms with van der Waals surface area (Å²) < 4.78 is 42.4. The monoisotopic (exact) mass is 214 g/mol. The molecule has 80 valence electrons. The Balaban J connectivity index is 3.24. The standard InChI is InChI=1S/C11H9F3O/c1-3-4-8-5-6-9(15-2)7-10(8)11(12,13)14/h1,5-7H,4H2,2H3. The molecule has 0 saturated heterocycles. The zero-order valence-electron chi connectivity index (χ0n) is 8.06. The lowest BCUT2D eigenvalue weighted by Crippen LogP contribution is -2.09. The summed E-state index contributed by atoms with van der Waals surface area (Å²) >= 11 is 0. The number of ether oxygens (including phenoxy) is 1. The lowest BCUT2D eigenvalue weighted by Gasteiger charge is -2.12. The van der Waals surface area contributed by atoms with Gasteiger partial charge in [0.2, 0.25) is 0 Å². The minimum absolute atomic E-state index is 0.0428. The molecule has 0 aliphatic heterocycles.